The zero-order valence-corrected chi connectivity index (χ0v) is 11.6. The van der Waals surface area contributed by atoms with Gasteiger partial charge < -0.3 is 19.5 Å². The zero-order valence-electron chi connectivity index (χ0n) is 11.6. The summed E-state index contributed by atoms with van der Waals surface area (Å²) in [5, 5.41) is 3.38. The van der Waals surface area contributed by atoms with E-state index in [4.69, 9.17) is 4.74 Å². The van der Waals surface area contributed by atoms with Crippen LogP contribution in [-0.4, -0.2) is 53.8 Å². The van der Waals surface area contributed by atoms with Crippen molar-refractivity contribution in [2.75, 3.05) is 39.3 Å². The van der Waals surface area contributed by atoms with Gasteiger partial charge in [-0.15, -0.1) is 0 Å². The highest BCUT2D eigenvalue weighted by Crippen LogP contribution is 2.18. The van der Waals surface area contributed by atoms with Crippen LogP contribution in [0.4, 0.5) is 0 Å². The Kier molecular flexibility index (Phi) is 4.48. The molecule has 1 aromatic rings. The summed E-state index contributed by atoms with van der Waals surface area (Å²) in [5.41, 5.74) is 1.22. The fourth-order valence-electron chi connectivity index (χ4n) is 3.01. The molecule has 3 heterocycles. The fourth-order valence-corrected chi connectivity index (χ4v) is 3.01. The third-order valence-corrected chi connectivity index (χ3v) is 4.07. The van der Waals surface area contributed by atoms with Crippen LogP contribution in [0.25, 0.3) is 0 Å². The lowest BCUT2D eigenvalue weighted by Gasteiger charge is -2.24. The zero-order chi connectivity index (χ0) is 12.9. The van der Waals surface area contributed by atoms with Crippen LogP contribution in [0.1, 0.15) is 31.1 Å². The van der Waals surface area contributed by atoms with E-state index in [1.54, 1.807) is 0 Å². The molecule has 0 saturated carbocycles. The quantitative estimate of drug-likeness (QED) is 0.862. The normalized spacial score (nSPS) is 24.9. The number of nitrogens with one attached hydrogen (secondary N) is 1. The van der Waals surface area contributed by atoms with Gasteiger partial charge in [0.2, 0.25) is 0 Å². The van der Waals surface area contributed by atoms with E-state index in [-0.39, 0.29) is 6.10 Å². The maximum Gasteiger partial charge on any atom is 0.111 e. The Bertz CT molecular complexity index is 381. The summed E-state index contributed by atoms with van der Waals surface area (Å²) >= 11 is 0. The molecule has 1 atom stereocenters. The number of imidazole rings is 1. The molecule has 5 heteroatoms. The molecule has 3 rings (SSSR count). The van der Waals surface area contributed by atoms with Gasteiger partial charge in [-0.2, -0.15) is 0 Å². The first kappa shape index (κ1) is 13.1. The molecule has 1 N–H and O–H groups in total. The highest BCUT2D eigenvalue weighted by Gasteiger charge is 2.19. The van der Waals surface area contributed by atoms with Crippen LogP contribution in [0, 0.1) is 0 Å². The number of hydrogen-bond acceptors (Lipinski definition) is 4. The first-order chi connectivity index (χ1) is 9.43. The Morgan fingerprint density at radius 3 is 3.00 bits per heavy atom. The summed E-state index contributed by atoms with van der Waals surface area (Å²) in [6, 6.07) is 0. The van der Waals surface area contributed by atoms with Gasteiger partial charge in [0.25, 0.3) is 0 Å². The summed E-state index contributed by atoms with van der Waals surface area (Å²) in [7, 11) is 0. The van der Waals surface area contributed by atoms with E-state index >= 15 is 0 Å². The second kappa shape index (κ2) is 6.50. The van der Waals surface area contributed by atoms with E-state index in [0.29, 0.717) is 0 Å². The van der Waals surface area contributed by atoms with Crippen LogP contribution in [0.2, 0.25) is 0 Å². The molecule has 0 radical (unpaired) electrons. The van der Waals surface area contributed by atoms with Gasteiger partial charge in [0.1, 0.15) is 6.10 Å². The van der Waals surface area contributed by atoms with E-state index in [0.717, 1.165) is 26.2 Å². The molecule has 2 aliphatic rings. The van der Waals surface area contributed by atoms with Crippen LogP contribution in [0.15, 0.2) is 12.5 Å². The SMILES string of the molecule is c1ncn(CCCN2CCCC2)c1C1CNCCO1. The number of nitrogens with zero attached hydrogens (tertiary/aromatic N) is 3. The minimum Gasteiger partial charge on any atom is -0.369 e. The molecule has 0 spiro atoms. The van der Waals surface area contributed by atoms with Gasteiger partial charge in [-0.1, -0.05) is 0 Å². The average Bonchev–Trinajstić information content (AvgIpc) is 3.11. The van der Waals surface area contributed by atoms with Crippen LogP contribution >= 0.6 is 0 Å². The molecule has 2 fully saturated rings. The molecule has 1 unspecified atom stereocenters. The summed E-state index contributed by atoms with van der Waals surface area (Å²) in [6.45, 7) is 7.48. The maximum absolute atomic E-state index is 5.81. The van der Waals surface area contributed by atoms with Gasteiger partial charge in [0.15, 0.2) is 0 Å². The van der Waals surface area contributed by atoms with Crippen LogP contribution < -0.4 is 5.32 Å². The number of hydrogen-bond donors (Lipinski definition) is 1. The van der Waals surface area contributed by atoms with Crippen molar-refractivity contribution in [2.24, 2.45) is 0 Å². The lowest BCUT2D eigenvalue weighted by Crippen LogP contribution is -2.34. The van der Waals surface area contributed by atoms with Crippen molar-refractivity contribution in [3.8, 4) is 0 Å². The topological polar surface area (TPSA) is 42.3 Å². The number of aromatic nitrogens is 2. The van der Waals surface area contributed by atoms with E-state index in [1.165, 1.54) is 44.6 Å². The van der Waals surface area contributed by atoms with E-state index in [2.05, 4.69) is 19.8 Å². The predicted molar refractivity (Wildman–Crippen MR) is 74.1 cm³/mol. The third-order valence-electron chi connectivity index (χ3n) is 4.07. The molecule has 0 bridgehead atoms. The highest BCUT2D eigenvalue weighted by molar-refractivity contribution is 5.04. The third kappa shape index (κ3) is 3.35. The van der Waals surface area contributed by atoms with Crippen molar-refractivity contribution < 1.29 is 4.74 Å². The molecule has 0 aromatic carbocycles. The van der Waals surface area contributed by atoms with E-state index < -0.39 is 0 Å². The Labute approximate surface area is 114 Å². The molecular weight excluding hydrogens is 240 g/mol. The predicted octanol–water partition coefficient (Wildman–Crippen LogP) is 1.03. The summed E-state index contributed by atoms with van der Waals surface area (Å²) < 4.78 is 8.07. The Morgan fingerprint density at radius 1 is 1.32 bits per heavy atom. The number of aryl methyl sites for hydroxylation is 1. The van der Waals surface area contributed by atoms with E-state index in [1.807, 2.05) is 12.5 Å². The average molecular weight is 264 g/mol. The minimum absolute atomic E-state index is 0.169. The Hall–Kier alpha value is -0.910. The van der Waals surface area contributed by atoms with Crippen molar-refractivity contribution >= 4 is 0 Å². The summed E-state index contributed by atoms with van der Waals surface area (Å²) in [6.07, 6.45) is 8.01. The Morgan fingerprint density at radius 2 is 2.21 bits per heavy atom. The first-order valence-corrected chi connectivity index (χ1v) is 7.48. The molecule has 1 aromatic heterocycles. The second-order valence-corrected chi connectivity index (χ2v) is 5.48. The summed E-state index contributed by atoms with van der Waals surface area (Å²) in [4.78, 5) is 6.85. The van der Waals surface area contributed by atoms with Gasteiger partial charge in [0, 0.05) is 19.6 Å². The molecule has 106 valence electrons. The lowest BCUT2D eigenvalue weighted by molar-refractivity contribution is 0.0227. The van der Waals surface area contributed by atoms with Crippen LogP contribution in [0.3, 0.4) is 0 Å². The van der Waals surface area contributed by atoms with E-state index in [9.17, 15) is 0 Å². The lowest BCUT2D eigenvalue weighted by atomic mass is 10.2. The molecule has 2 aliphatic heterocycles. The second-order valence-electron chi connectivity index (χ2n) is 5.48. The van der Waals surface area contributed by atoms with Crippen molar-refractivity contribution in [1.82, 2.24) is 19.8 Å². The van der Waals surface area contributed by atoms with Gasteiger partial charge in [0.05, 0.1) is 24.8 Å². The van der Waals surface area contributed by atoms with Gasteiger partial charge in [-0.25, -0.2) is 4.98 Å². The molecule has 0 amide bonds. The molecule has 0 aliphatic carbocycles. The molecular formula is C14H24N4O. The van der Waals surface area contributed by atoms with Crippen molar-refractivity contribution in [2.45, 2.75) is 31.9 Å². The Balaban J connectivity index is 1.51. The first-order valence-electron chi connectivity index (χ1n) is 7.48. The van der Waals surface area contributed by atoms with Crippen LogP contribution in [0.5, 0.6) is 0 Å². The molecule has 19 heavy (non-hydrogen) atoms. The standard InChI is InChI=1S/C14H24N4O/c1-2-6-17(5-1)7-3-8-18-12-16-10-13(18)14-11-15-4-9-19-14/h10,12,14-15H,1-9,11H2. The number of morpholine rings is 1. The molecule has 2 saturated heterocycles. The van der Waals surface area contributed by atoms with Crippen LogP contribution in [-0.2, 0) is 11.3 Å². The number of likely N-dealkylation sites (tertiary alicyclic amines) is 1. The fraction of sp³-hybridized carbons (Fsp3) is 0.786. The van der Waals surface area contributed by atoms with Gasteiger partial charge in [-0.05, 0) is 38.9 Å². The molecule has 5 nitrogen and oxygen atoms in total. The van der Waals surface area contributed by atoms with Crippen molar-refractivity contribution in [1.29, 1.82) is 0 Å². The largest absolute Gasteiger partial charge is 0.369 e. The van der Waals surface area contributed by atoms with Gasteiger partial charge in [-0.3, -0.25) is 0 Å². The van der Waals surface area contributed by atoms with Crippen molar-refractivity contribution in [3.05, 3.63) is 18.2 Å². The minimum atomic E-state index is 0.169. The monoisotopic (exact) mass is 264 g/mol. The summed E-state index contributed by atoms with van der Waals surface area (Å²) in [5.74, 6) is 0. The smallest absolute Gasteiger partial charge is 0.111 e. The van der Waals surface area contributed by atoms with Gasteiger partial charge >= 0.3 is 0 Å². The number of rotatable bonds is 5. The number of ether oxygens (including phenoxy) is 1. The van der Waals surface area contributed by atoms with Crippen molar-refractivity contribution in [3.63, 3.8) is 0 Å². The maximum atomic E-state index is 5.81. The highest BCUT2D eigenvalue weighted by atomic mass is 16.5.